The number of hydrogen-bond acceptors (Lipinski definition) is 5. The van der Waals surface area contributed by atoms with E-state index in [1.54, 1.807) is 16.4 Å². The van der Waals surface area contributed by atoms with Crippen LogP contribution in [-0.2, 0) is 10.0 Å². The topological polar surface area (TPSA) is 66.4 Å². The second-order valence-corrected chi connectivity index (χ2v) is 9.84. The number of para-hydroxylation sites is 1. The standard InChI is InChI=1S/C22H24N4O2S/c1-16-6-10-18(11-7-16)29(27,28)26-14-12-25(13-15-26)22-19-4-2-3-5-20(19)23-21(24-22)17-8-9-17/h2-7,10-11,17H,8-9,12-15H2,1H3. The van der Waals surface area contributed by atoms with Gasteiger partial charge in [-0.3, -0.25) is 0 Å². The summed E-state index contributed by atoms with van der Waals surface area (Å²) in [5.41, 5.74) is 2.02. The third-order valence-electron chi connectivity index (χ3n) is 5.74. The Labute approximate surface area is 171 Å². The fourth-order valence-electron chi connectivity index (χ4n) is 3.84. The number of hydrogen-bond donors (Lipinski definition) is 0. The van der Waals surface area contributed by atoms with Crippen LogP contribution in [0.15, 0.2) is 53.4 Å². The van der Waals surface area contributed by atoms with Crippen molar-refractivity contribution in [2.45, 2.75) is 30.6 Å². The van der Waals surface area contributed by atoms with Gasteiger partial charge in [-0.25, -0.2) is 18.4 Å². The lowest BCUT2D eigenvalue weighted by atomic mass is 10.2. The Bertz CT molecular complexity index is 1150. The van der Waals surface area contributed by atoms with Crippen molar-refractivity contribution in [3.8, 4) is 0 Å². The van der Waals surface area contributed by atoms with Gasteiger partial charge in [-0.2, -0.15) is 4.31 Å². The maximum atomic E-state index is 13.0. The molecule has 2 fully saturated rings. The quantitative estimate of drug-likeness (QED) is 0.663. The van der Waals surface area contributed by atoms with Crippen LogP contribution in [0.5, 0.6) is 0 Å². The van der Waals surface area contributed by atoms with Crippen molar-refractivity contribution in [2.24, 2.45) is 0 Å². The highest BCUT2D eigenvalue weighted by atomic mass is 32.2. The van der Waals surface area contributed by atoms with Gasteiger partial charge in [0.15, 0.2) is 0 Å². The van der Waals surface area contributed by atoms with E-state index in [-0.39, 0.29) is 0 Å². The summed E-state index contributed by atoms with van der Waals surface area (Å²) in [6, 6.07) is 15.2. The number of piperazine rings is 1. The molecule has 0 amide bonds. The first-order valence-electron chi connectivity index (χ1n) is 10.1. The monoisotopic (exact) mass is 408 g/mol. The fourth-order valence-corrected chi connectivity index (χ4v) is 5.26. The van der Waals surface area contributed by atoms with E-state index in [0.717, 1.165) is 41.0 Å². The van der Waals surface area contributed by atoms with Crippen LogP contribution in [0.3, 0.4) is 0 Å². The second-order valence-electron chi connectivity index (χ2n) is 7.90. The first-order chi connectivity index (χ1) is 14.0. The Morgan fingerprint density at radius 2 is 1.59 bits per heavy atom. The van der Waals surface area contributed by atoms with Gasteiger partial charge < -0.3 is 4.90 Å². The molecule has 0 N–H and O–H groups in total. The number of aryl methyl sites for hydroxylation is 1. The molecule has 3 aromatic rings. The van der Waals surface area contributed by atoms with E-state index in [0.29, 0.717) is 37.0 Å². The molecule has 0 atom stereocenters. The van der Waals surface area contributed by atoms with Crippen LogP contribution in [0, 0.1) is 6.92 Å². The molecule has 29 heavy (non-hydrogen) atoms. The summed E-state index contributed by atoms with van der Waals surface area (Å²) in [5.74, 6) is 2.33. The molecule has 0 spiro atoms. The first kappa shape index (κ1) is 18.5. The van der Waals surface area contributed by atoms with Gasteiger partial charge in [0.05, 0.1) is 10.4 Å². The molecule has 150 valence electrons. The predicted molar refractivity (Wildman–Crippen MR) is 114 cm³/mol. The zero-order chi connectivity index (χ0) is 20.0. The van der Waals surface area contributed by atoms with Crippen LogP contribution in [0.1, 0.15) is 30.1 Å². The number of nitrogens with zero attached hydrogens (tertiary/aromatic N) is 4. The highest BCUT2D eigenvalue weighted by Crippen LogP contribution is 2.40. The van der Waals surface area contributed by atoms with Crippen LogP contribution in [0.4, 0.5) is 5.82 Å². The molecular weight excluding hydrogens is 384 g/mol. The summed E-state index contributed by atoms with van der Waals surface area (Å²) in [4.78, 5) is 12.2. The Balaban J connectivity index is 1.40. The molecule has 2 aliphatic rings. The summed E-state index contributed by atoms with van der Waals surface area (Å²) in [6.45, 7) is 4.10. The Hall–Kier alpha value is -2.51. The summed E-state index contributed by atoms with van der Waals surface area (Å²) >= 11 is 0. The van der Waals surface area contributed by atoms with Crippen LogP contribution in [0.25, 0.3) is 10.9 Å². The largest absolute Gasteiger partial charge is 0.353 e. The molecule has 0 unspecified atom stereocenters. The molecule has 0 radical (unpaired) electrons. The van der Waals surface area contributed by atoms with E-state index < -0.39 is 10.0 Å². The second kappa shape index (κ2) is 7.07. The molecule has 1 aromatic heterocycles. The molecule has 1 aliphatic carbocycles. The maximum absolute atomic E-state index is 13.0. The average Bonchev–Trinajstić information content (AvgIpc) is 3.59. The molecule has 2 aromatic carbocycles. The molecule has 1 aliphatic heterocycles. The smallest absolute Gasteiger partial charge is 0.243 e. The SMILES string of the molecule is Cc1ccc(S(=O)(=O)N2CCN(c3nc(C4CC4)nc4ccccc34)CC2)cc1. The molecule has 7 heteroatoms. The molecular formula is C22H24N4O2S. The number of rotatable bonds is 4. The van der Waals surface area contributed by atoms with Crippen molar-refractivity contribution in [1.82, 2.24) is 14.3 Å². The molecule has 6 nitrogen and oxygen atoms in total. The summed E-state index contributed by atoms with van der Waals surface area (Å²) < 4.78 is 27.6. The Morgan fingerprint density at radius 1 is 0.897 bits per heavy atom. The van der Waals surface area contributed by atoms with Gasteiger partial charge in [0, 0.05) is 37.5 Å². The number of aromatic nitrogens is 2. The van der Waals surface area contributed by atoms with Gasteiger partial charge in [0.25, 0.3) is 0 Å². The van der Waals surface area contributed by atoms with E-state index >= 15 is 0 Å². The van der Waals surface area contributed by atoms with Crippen molar-refractivity contribution >= 4 is 26.7 Å². The third kappa shape index (κ3) is 3.49. The molecule has 2 heterocycles. The van der Waals surface area contributed by atoms with E-state index in [4.69, 9.17) is 9.97 Å². The highest BCUT2D eigenvalue weighted by Gasteiger charge is 2.31. The number of sulfonamides is 1. The van der Waals surface area contributed by atoms with E-state index in [2.05, 4.69) is 11.0 Å². The summed E-state index contributed by atoms with van der Waals surface area (Å²) in [7, 11) is -3.46. The average molecular weight is 409 g/mol. The molecule has 5 rings (SSSR count). The van der Waals surface area contributed by atoms with E-state index in [9.17, 15) is 8.42 Å². The van der Waals surface area contributed by atoms with Crippen molar-refractivity contribution in [2.75, 3.05) is 31.1 Å². The Kier molecular flexibility index (Phi) is 4.52. The van der Waals surface area contributed by atoms with Gasteiger partial charge in [0.2, 0.25) is 10.0 Å². The zero-order valence-corrected chi connectivity index (χ0v) is 17.3. The van der Waals surface area contributed by atoms with Gasteiger partial charge in [-0.15, -0.1) is 0 Å². The fraction of sp³-hybridized carbons (Fsp3) is 0.364. The lowest BCUT2D eigenvalue weighted by Crippen LogP contribution is -2.49. The number of anilines is 1. The van der Waals surface area contributed by atoms with Crippen LogP contribution >= 0.6 is 0 Å². The van der Waals surface area contributed by atoms with Crippen molar-refractivity contribution < 1.29 is 8.42 Å². The van der Waals surface area contributed by atoms with Crippen molar-refractivity contribution in [3.05, 3.63) is 59.9 Å². The lowest BCUT2D eigenvalue weighted by molar-refractivity contribution is 0.384. The Morgan fingerprint density at radius 3 is 2.28 bits per heavy atom. The minimum absolute atomic E-state index is 0.361. The number of benzene rings is 2. The zero-order valence-electron chi connectivity index (χ0n) is 16.5. The molecule has 1 saturated carbocycles. The van der Waals surface area contributed by atoms with E-state index in [1.807, 2.05) is 37.3 Å². The molecule has 0 bridgehead atoms. The summed E-state index contributed by atoms with van der Waals surface area (Å²) in [5, 5.41) is 1.03. The van der Waals surface area contributed by atoms with Crippen molar-refractivity contribution in [1.29, 1.82) is 0 Å². The first-order valence-corrected chi connectivity index (χ1v) is 11.5. The summed E-state index contributed by atoms with van der Waals surface area (Å²) in [6.07, 6.45) is 2.31. The van der Waals surface area contributed by atoms with Crippen LogP contribution < -0.4 is 4.90 Å². The predicted octanol–water partition coefficient (Wildman–Crippen LogP) is 3.33. The minimum atomic E-state index is -3.46. The highest BCUT2D eigenvalue weighted by molar-refractivity contribution is 7.89. The maximum Gasteiger partial charge on any atom is 0.243 e. The van der Waals surface area contributed by atoms with Crippen LogP contribution in [-0.4, -0.2) is 48.9 Å². The number of fused-ring (bicyclic) bond motifs is 1. The van der Waals surface area contributed by atoms with Gasteiger partial charge in [-0.1, -0.05) is 29.8 Å². The lowest BCUT2D eigenvalue weighted by Gasteiger charge is -2.35. The molecule has 1 saturated heterocycles. The normalized spacial score (nSPS) is 18.3. The van der Waals surface area contributed by atoms with Crippen molar-refractivity contribution in [3.63, 3.8) is 0 Å². The van der Waals surface area contributed by atoms with Gasteiger partial charge in [-0.05, 0) is 44.0 Å². The van der Waals surface area contributed by atoms with Crippen LogP contribution in [0.2, 0.25) is 0 Å². The minimum Gasteiger partial charge on any atom is -0.353 e. The third-order valence-corrected chi connectivity index (χ3v) is 7.65. The van der Waals surface area contributed by atoms with Gasteiger partial charge in [0.1, 0.15) is 11.6 Å². The van der Waals surface area contributed by atoms with E-state index in [1.165, 1.54) is 0 Å². The van der Waals surface area contributed by atoms with Gasteiger partial charge >= 0.3 is 0 Å².